The summed E-state index contributed by atoms with van der Waals surface area (Å²) in [5, 5.41) is 10.9. The molecular formula is C19H41N3. The van der Waals surface area contributed by atoms with Crippen LogP contribution >= 0.6 is 0 Å². The molecule has 0 amide bonds. The highest BCUT2D eigenvalue weighted by Crippen LogP contribution is 2.11. The Labute approximate surface area is 139 Å². The summed E-state index contributed by atoms with van der Waals surface area (Å²) in [7, 11) is 0. The second-order valence-corrected chi connectivity index (χ2v) is 7.39. The van der Waals surface area contributed by atoms with Crippen LogP contribution < -0.4 is 0 Å². The fourth-order valence-electron chi connectivity index (χ4n) is 2.48. The zero-order valence-electron chi connectivity index (χ0n) is 16.0. The Balaban J connectivity index is 3.82. The summed E-state index contributed by atoms with van der Waals surface area (Å²) in [6.45, 7) is 14.4. The van der Waals surface area contributed by atoms with E-state index < -0.39 is 0 Å². The molecule has 0 unspecified atom stereocenters. The van der Waals surface area contributed by atoms with Gasteiger partial charge < -0.3 is 0 Å². The minimum Gasteiger partial charge on any atom is -0.279 e. The largest absolute Gasteiger partial charge is 0.279 e. The van der Waals surface area contributed by atoms with E-state index in [9.17, 15) is 0 Å². The molecule has 0 atom stereocenters. The Morgan fingerprint density at radius 3 is 1.77 bits per heavy atom. The molecular weight excluding hydrogens is 270 g/mol. The summed E-state index contributed by atoms with van der Waals surface area (Å²) in [6, 6.07) is 0. The van der Waals surface area contributed by atoms with Crippen molar-refractivity contribution in [3.05, 3.63) is 0 Å². The molecule has 0 aromatic carbocycles. The van der Waals surface area contributed by atoms with Crippen LogP contribution in [-0.4, -0.2) is 24.6 Å². The van der Waals surface area contributed by atoms with Crippen LogP contribution in [0.4, 0.5) is 0 Å². The minimum absolute atomic E-state index is 0.816. The molecule has 3 nitrogen and oxygen atoms in total. The highest BCUT2D eigenvalue weighted by molar-refractivity contribution is 4.55. The molecule has 0 aliphatic heterocycles. The zero-order valence-corrected chi connectivity index (χ0v) is 16.0. The molecule has 0 aromatic heterocycles. The lowest BCUT2D eigenvalue weighted by Gasteiger charge is -2.18. The first-order valence-electron chi connectivity index (χ1n) is 9.68. The van der Waals surface area contributed by atoms with Gasteiger partial charge in [-0.05, 0) is 31.1 Å². The summed E-state index contributed by atoms with van der Waals surface area (Å²) in [5.41, 5.74) is 0. The monoisotopic (exact) mass is 311 g/mol. The van der Waals surface area contributed by atoms with Crippen LogP contribution in [0, 0.1) is 11.8 Å². The van der Waals surface area contributed by atoms with E-state index in [1.165, 1.54) is 51.4 Å². The van der Waals surface area contributed by atoms with Crippen LogP contribution in [0.2, 0.25) is 0 Å². The van der Waals surface area contributed by atoms with Gasteiger partial charge >= 0.3 is 0 Å². The van der Waals surface area contributed by atoms with Crippen molar-refractivity contribution in [1.82, 2.24) is 5.01 Å². The van der Waals surface area contributed by atoms with Gasteiger partial charge in [0.15, 0.2) is 0 Å². The van der Waals surface area contributed by atoms with Crippen molar-refractivity contribution in [2.45, 2.75) is 92.4 Å². The van der Waals surface area contributed by atoms with E-state index in [0.29, 0.717) is 0 Å². The Morgan fingerprint density at radius 2 is 1.23 bits per heavy atom. The van der Waals surface area contributed by atoms with Crippen molar-refractivity contribution in [3.8, 4) is 0 Å². The van der Waals surface area contributed by atoms with Gasteiger partial charge in [0.2, 0.25) is 0 Å². The molecule has 0 radical (unpaired) electrons. The molecule has 0 aliphatic carbocycles. The fourth-order valence-corrected chi connectivity index (χ4v) is 2.48. The first kappa shape index (κ1) is 21.4. The van der Waals surface area contributed by atoms with Crippen molar-refractivity contribution in [2.24, 2.45) is 22.2 Å². The lowest BCUT2D eigenvalue weighted by Crippen LogP contribution is -2.20. The number of hydrogen-bond donors (Lipinski definition) is 0. The van der Waals surface area contributed by atoms with Gasteiger partial charge in [0.05, 0.1) is 6.54 Å². The standard InChI is InChI=1S/C19H41N3/c1-6-15-20-21-22(17-12-10-14-19(4)5)16-11-8-7-9-13-18(2)3/h18-19H,6-17H2,1-5H3/b21-20-. The first-order valence-corrected chi connectivity index (χ1v) is 9.68. The molecule has 0 aromatic rings. The molecule has 132 valence electrons. The molecule has 22 heavy (non-hydrogen) atoms. The van der Waals surface area contributed by atoms with E-state index in [2.05, 4.69) is 50.0 Å². The lowest BCUT2D eigenvalue weighted by atomic mass is 10.0. The number of nitrogens with zero attached hydrogens (tertiary/aromatic N) is 3. The molecule has 0 aliphatic rings. The van der Waals surface area contributed by atoms with E-state index in [1.54, 1.807) is 0 Å². The summed E-state index contributed by atoms with van der Waals surface area (Å²) >= 11 is 0. The van der Waals surface area contributed by atoms with Gasteiger partial charge in [-0.3, -0.25) is 5.01 Å². The Morgan fingerprint density at radius 1 is 0.727 bits per heavy atom. The van der Waals surface area contributed by atoms with Crippen LogP contribution in [0.25, 0.3) is 0 Å². The average Bonchev–Trinajstić information content (AvgIpc) is 2.46. The summed E-state index contributed by atoms with van der Waals surface area (Å²) in [4.78, 5) is 0. The molecule has 0 rings (SSSR count). The van der Waals surface area contributed by atoms with Crippen molar-refractivity contribution in [2.75, 3.05) is 19.6 Å². The SMILES string of the molecule is CCC/N=N\N(CCCCCCC(C)C)CCCCC(C)C. The van der Waals surface area contributed by atoms with Gasteiger partial charge in [-0.2, -0.15) is 5.11 Å². The summed E-state index contributed by atoms with van der Waals surface area (Å²) in [6.07, 6.45) is 11.7. The van der Waals surface area contributed by atoms with Crippen LogP contribution in [-0.2, 0) is 0 Å². The van der Waals surface area contributed by atoms with E-state index in [1.807, 2.05) is 0 Å². The van der Waals surface area contributed by atoms with Gasteiger partial charge in [0.1, 0.15) is 0 Å². The van der Waals surface area contributed by atoms with Gasteiger partial charge in [0.25, 0.3) is 0 Å². The van der Waals surface area contributed by atoms with Crippen molar-refractivity contribution in [1.29, 1.82) is 0 Å². The van der Waals surface area contributed by atoms with Gasteiger partial charge in [-0.1, -0.05) is 78.4 Å². The van der Waals surface area contributed by atoms with Crippen molar-refractivity contribution in [3.63, 3.8) is 0 Å². The molecule has 3 heteroatoms. The highest BCUT2D eigenvalue weighted by Gasteiger charge is 2.03. The number of hydrogen-bond acceptors (Lipinski definition) is 2. The Hall–Kier alpha value is -0.600. The molecule has 0 fully saturated rings. The molecule has 0 saturated heterocycles. The maximum atomic E-state index is 4.43. The highest BCUT2D eigenvalue weighted by atomic mass is 15.5. The first-order chi connectivity index (χ1) is 10.6. The molecule has 0 spiro atoms. The molecule has 0 heterocycles. The minimum atomic E-state index is 0.816. The average molecular weight is 312 g/mol. The van der Waals surface area contributed by atoms with Crippen LogP contribution in [0.5, 0.6) is 0 Å². The van der Waals surface area contributed by atoms with Gasteiger partial charge in [-0.25, -0.2) is 0 Å². The van der Waals surface area contributed by atoms with Gasteiger partial charge in [-0.15, -0.1) is 0 Å². The third-order valence-corrected chi connectivity index (χ3v) is 3.91. The predicted molar refractivity (Wildman–Crippen MR) is 98.2 cm³/mol. The Bertz CT molecular complexity index is 249. The molecule has 0 N–H and O–H groups in total. The molecule has 0 saturated carbocycles. The third-order valence-electron chi connectivity index (χ3n) is 3.91. The Kier molecular flexibility index (Phi) is 14.9. The fraction of sp³-hybridized carbons (Fsp3) is 1.00. The van der Waals surface area contributed by atoms with E-state index in [0.717, 1.165) is 37.9 Å². The third kappa shape index (κ3) is 15.8. The molecule has 0 bridgehead atoms. The lowest BCUT2D eigenvalue weighted by molar-refractivity contribution is 0.250. The van der Waals surface area contributed by atoms with Crippen molar-refractivity contribution >= 4 is 0 Å². The smallest absolute Gasteiger partial charge is 0.0617 e. The van der Waals surface area contributed by atoms with E-state index in [4.69, 9.17) is 0 Å². The van der Waals surface area contributed by atoms with Crippen LogP contribution in [0.1, 0.15) is 92.4 Å². The second-order valence-electron chi connectivity index (χ2n) is 7.39. The maximum Gasteiger partial charge on any atom is 0.0617 e. The quantitative estimate of drug-likeness (QED) is 0.193. The summed E-state index contributed by atoms with van der Waals surface area (Å²) in [5.74, 6) is 1.66. The summed E-state index contributed by atoms with van der Waals surface area (Å²) < 4.78 is 0. The van der Waals surface area contributed by atoms with Crippen molar-refractivity contribution < 1.29 is 0 Å². The van der Waals surface area contributed by atoms with E-state index >= 15 is 0 Å². The van der Waals surface area contributed by atoms with Crippen LogP contribution in [0.3, 0.4) is 0 Å². The number of rotatable bonds is 15. The number of unbranched alkanes of at least 4 members (excludes halogenated alkanes) is 4. The topological polar surface area (TPSA) is 28.0 Å². The van der Waals surface area contributed by atoms with E-state index in [-0.39, 0.29) is 0 Å². The normalized spacial score (nSPS) is 12.0. The zero-order chi connectivity index (χ0) is 16.6. The van der Waals surface area contributed by atoms with Gasteiger partial charge in [0, 0.05) is 13.1 Å². The predicted octanol–water partition coefficient (Wildman–Crippen LogP) is 6.50. The maximum absolute atomic E-state index is 4.43. The second kappa shape index (κ2) is 15.3. The van der Waals surface area contributed by atoms with Crippen LogP contribution in [0.15, 0.2) is 10.3 Å².